The van der Waals surface area contributed by atoms with Crippen molar-refractivity contribution in [3.8, 4) is 0 Å². The highest BCUT2D eigenvalue weighted by atomic mass is 32.2. The van der Waals surface area contributed by atoms with E-state index < -0.39 is 10.0 Å². The lowest BCUT2D eigenvalue weighted by atomic mass is 10.1. The van der Waals surface area contributed by atoms with Crippen LogP contribution >= 0.6 is 0 Å². The Balaban J connectivity index is 3.20. The number of hydrogen-bond donors (Lipinski definition) is 1. The summed E-state index contributed by atoms with van der Waals surface area (Å²) in [6, 6.07) is 6.82. The maximum atomic E-state index is 12.7. The summed E-state index contributed by atoms with van der Waals surface area (Å²) in [5.41, 5.74) is 6.86. The highest BCUT2D eigenvalue weighted by Crippen LogP contribution is 2.22. The van der Waals surface area contributed by atoms with Gasteiger partial charge in [-0.3, -0.25) is 0 Å². The lowest BCUT2D eigenvalue weighted by Gasteiger charge is -2.25. The van der Waals surface area contributed by atoms with Gasteiger partial charge in [0.05, 0.1) is 4.90 Å². The van der Waals surface area contributed by atoms with E-state index >= 15 is 0 Å². The quantitative estimate of drug-likeness (QED) is 0.842. The van der Waals surface area contributed by atoms with Crippen molar-refractivity contribution in [1.29, 1.82) is 0 Å². The van der Waals surface area contributed by atoms with Gasteiger partial charge in [0.15, 0.2) is 0 Å². The van der Waals surface area contributed by atoms with E-state index in [-0.39, 0.29) is 12.1 Å². The predicted octanol–water partition coefficient (Wildman–Crippen LogP) is 2.91. The van der Waals surface area contributed by atoms with Crippen LogP contribution in [0.3, 0.4) is 0 Å². The van der Waals surface area contributed by atoms with E-state index in [1.54, 1.807) is 22.5 Å². The molecule has 0 saturated carbocycles. The molecular weight excluding hydrogens is 272 g/mol. The van der Waals surface area contributed by atoms with Crippen molar-refractivity contribution in [2.45, 2.75) is 57.5 Å². The summed E-state index contributed by atoms with van der Waals surface area (Å²) >= 11 is 0. The molecule has 20 heavy (non-hydrogen) atoms. The largest absolute Gasteiger partial charge is 0.324 e. The third kappa shape index (κ3) is 3.81. The molecule has 0 aromatic heterocycles. The molecule has 1 unspecified atom stereocenters. The minimum atomic E-state index is -3.45. The van der Waals surface area contributed by atoms with Crippen LogP contribution in [0.4, 0.5) is 0 Å². The molecular formula is C15H26N2O2S. The normalized spacial score (nSPS) is 13.9. The van der Waals surface area contributed by atoms with Gasteiger partial charge in [-0.25, -0.2) is 8.42 Å². The Morgan fingerprint density at radius 3 is 2.40 bits per heavy atom. The average molecular weight is 298 g/mol. The highest BCUT2D eigenvalue weighted by Gasteiger charge is 2.26. The van der Waals surface area contributed by atoms with Gasteiger partial charge >= 0.3 is 0 Å². The predicted molar refractivity (Wildman–Crippen MR) is 83.0 cm³/mol. The first-order chi connectivity index (χ1) is 9.34. The molecule has 1 rings (SSSR count). The van der Waals surface area contributed by atoms with Gasteiger partial charge < -0.3 is 5.73 Å². The summed E-state index contributed by atoms with van der Waals surface area (Å²) < 4.78 is 27.0. The SMILES string of the molecule is CCCN(C(C)C)S(=O)(=O)c1cccc(C(N)CC)c1. The minimum absolute atomic E-state index is 0.0524. The fourth-order valence-electron chi connectivity index (χ4n) is 2.15. The number of hydrogen-bond acceptors (Lipinski definition) is 3. The molecule has 0 fully saturated rings. The van der Waals surface area contributed by atoms with Crippen LogP contribution in [-0.2, 0) is 10.0 Å². The summed E-state index contributed by atoms with van der Waals surface area (Å²) in [6.07, 6.45) is 1.58. The molecule has 0 radical (unpaired) electrons. The van der Waals surface area contributed by atoms with E-state index in [1.807, 2.05) is 33.8 Å². The van der Waals surface area contributed by atoms with Gasteiger partial charge in [-0.05, 0) is 44.4 Å². The molecule has 0 amide bonds. The molecule has 0 bridgehead atoms. The number of rotatable bonds is 7. The molecule has 1 aromatic carbocycles. The Kier molecular flexibility index (Phi) is 6.17. The van der Waals surface area contributed by atoms with Crippen LogP contribution in [0.5, 0.6) is 0 Å². The zero-order valence-electron chi connectivity index (χ0n) is 12.8. The average Bonchev–Trinajstić information content (AvgIpc) is 2.43. The van der Waals surface area contributed by atoms with Crippen molar-refractivity contribution in [2.24, 2.45) is 5.73 Å². The third-order valence-corrected chi connectivity index (χ3v) is 5.42. The second kappa shape index (κ2) is 7.20. The highest BCUT2D eigenvalue weighted by molar-refractivity contribution is 7.89. The molecule has 0 aliphatic rings. The van der Waals surface area contributed by atoms with Crippen LogP contribution in [-0.4, -0.2) is 25.3 Å². The van der Waals surface area contributed by atoms with Gasteiger partial charge in [0.1, 0.15) is 0 Å². The molecule has 0 aliphatic carbocycles. The second-order valence-corrected chi connectivity index (χ2v) is 7.19. The smallest absolute Gasteiger partial charge is 0.243 e. The van der Waals surface area contributed by atoms with Crippen LogP contribution in [0, 0.1) is 0 Å². The maximum Gasteiger partial charge on any atom is 0.243 e. The van der Waals surface area contributed by atoms with E-state index in [2.05, 4.69) is 0 Å². The molecule has 0 spiro atoms. The Morgan fingerprint density at radius 2 is 1.90 bits per heavy atom. The second-order valence-electron chi connectivity index (χ2n) is 5.30. The minimum Gasteiger partial charge on any atom is -0.324 e. The van der Waals surface area contributed by atoms with Crippen LogP contribution in [0.25, 0.3) is 0 Å². The zero-order chi connectivity index (χ0) is 15.3. The Morgan fingerprint density at radius 1 is 1.25 bits per heavy atom. The Hall–Kier alpha value is -0.910. The van der Waals surface area contributed by atoms with Gasteiger partial charge in [-0.1, -0.05) is 26.0 Å². The molecule has 0 aliphatic heterocycles. The third-order valence-electron chi connectivity index (χ3n) is 3.35. The molecule has 0 heterocycles. The van der Waals surface area contributed by atoms with E-state index in [4.69, 9.17) is 5.73 Å². The first-order valence-corrected chi connectivity index (χ1v) is 8.66. The van der Waals surface area contributed by atoms with Crippen LogP contribution in [0.1, 0.15) is 52.1 Å². The maximum absolute atomic E-state index is 12.7. The van der Waals surface area contributed by atoms with Crippen LogP contribution in [0.15, 0.2) is 29.2 Å². The molecule has 5 heteroatoms. The van der Waals surface area contributed by atoms with Gasteiger partial charge in [0.25, 0.3) is 0 Å². The van der Waals surface area contributed by atoms with Crippen molar-refractivity contribution in [2.75, 3.05) is 6.54 Å². The number of nitrogens with two attached hydrogens (primary N) is 1. The van der Waals surface area contributed by atoms with Gasteiger partial charge in [0, 0.05) is 18.6 Å². The number of sulfonamides is 1. The monoisotopic (exact) mass is 298 g/mol. The molecule has 1 aromatic rings. The molecule has 0 saturated heterocycles. The standard InChI is InChI=1S/C15H26N2O2S/c1-5-10-17(12(3)4)20(18,19)14-9-7-8-13(11-14)15(16)6-2/h7-9,11-12,15H,5-6,10,16H2,1-4H3. The lowest BCUT2D eigenvalue weighted by Crippen LogP contribution is -2.37. The van der Waals surface area contributed by atoms with E-state index in [1.165, 1.54) is 0 Å². The first kappa shape index (κ1) is 17.1. The fourth-order valence-corrected chi connectivity index (χ4v) is 3.94. The Labute approximate surface area is 123 Å². The molecule has 1 atom stereocenters. The number of benzene rings is 1. The van der Waals surface area contributed by atoms with Crippen molar-refractivity contribution >= 4 is 10.0 Å². The van der Waals surface area contributed by atoms with Crippen molar-refractivity contribution in [3.63, 3.8) is 0 Å². The van der Waals surface area contributed by atoms with Crippen molar-refractivity contribution < 1.29 is 8.42 Å². The summed E-state index contributed by atoms with van der Waals surface area (Å²) in [5.74, 6) is 0. The molecule has 2 N–H and O–H groups in total. The number of nitrogens with zero attached hydrogens (tertiary/aromatic N) is 1. The summed E-state index contributed by atoms with van der Waals surface area (Å²) in [6.45, 7) is 8.30. The first-order valence-electron chi connectivity index (χ1n) is 7.21. The summed E-state index contributed by atoms with van der Waals surface area (Å²) in [4.78, 5) is 0.334. The summed E-state index contributed by atoms with van der Waals surface area (Å²) in [7, 11) is -3.45. The van der Waals surface area contributed by atoms with Crippen molar-refractivity contribution in [3.05, 3.63) is 29.8 Å². The fraction of sp³-hybridized carbons (Fsp3) is 0.600. The zero-order valence-corrected chi connectivity index (χ0v) is 13.7. The van der Waals surface area contributed by atoms with Gasteiger partial charge in [0.2, 0.25) is 10.0 Å². The van der Waals surface area contributed by atoms with E-state index in [0.29, 0.717) is 11.4 Å². The van der Waals surface area contributed by atoms with E-state index in [9.17, 15) is 8.42 Å². The molecule has 4 nitrogen and oxygen atoms in total. The van der Waals surface area contributed by atoms with Gasteiger partial charge in [-0.15, -0.1) is 0 Å². The van der Waals surface area contributed by atoms with Gasteiger partial charge in [-0.2, -0.15) is 4.31 Å². The summed E-state index contributed by atoms with van der Waals surface area (Å²) in [5, 5.41) is 0. The van der Waals surface area contributed by atoms with Crippen LogP contribution < -0.4 is 5.73 Å². The van der Waals surface area contributed by atoms with Crippen LogP contribution in [0.2, 0.25) is 0 Å². The van der Waals surface area contributed by atoms with E-state index in [0.717, 1.165) is 18.4 Å². The van der Waals surface area contributed by atoms with Crippen molar-refractivity contribution in [1.82, 2.24) is 4.31 Å². The lowest BCUT2D eigenvalue weighted by molar-refractivity contribution is 0.354. The Bertz CT molecular complexity index is 526. The molecule has 114 valence electrons. The topological polar surface area (TPSA) is 63.4 Å².